The van der Waals surface area contributed by atoms with Crippen LogP contribution in [0.4, 0.5) is 11.4 Å². The standard InChI is InChI=1S/C14H17N3O6/c1-9(13(15)18)23-14(19)10-2-3-11(12(8-10)17(20)21)16-4-6-22-7-5-16/h2-3,8-9H,4-7H2,1H3,(H2,15,18)/t9-/m1/s1. The Bertz CT molecular complexity index is 627. The first-order valence-electron chi connectivity index (χ1n) is 7.01. The molecule has 2 rings (SSSR count). The van der Waals surface area contributed by atoms with Crippen LogP contribution in [0.1, 0.15) is 17.3 Å². The van der Waals surface area contributed by atoms with Gasteiger partial charge in [-0.05, 0) is 19.1 Å². The molecular weight excluding hydrogens is 306 g/mol. The average Bonchev–Trinajstić information content (AvgIpc) is 2.54. The number of ether oxygens (including phenoxy) is 2. The second kappa shape index (κ2) is 7.05. The monoisotopic (exact) mass is 323 g/mol. The zero-order valence-corrected chi connectivity index (χ0v) is 12.6. The van der Waals surface area contributed by atoms with Crippen LogP contribution in [0.2, 0.25) is 0 Å². The average molecular weight is 323 g/mol. The van der Waals surface area contributed by atoms with Crippen molar-refractivity contribution in [2.75, 3.05) is 31.2 Å². The SMILES string of the molecule is C[C@@H](OC(=O)c1ccc(N2CCOCC2)c([N+](=O)[O-])c1)C(N)=O. The summed E-state index contributed by atoms with van der Waals surface area (Å²) in [5, 5.41) is 11.3. The van der Waals surface area contributed by atoms with Gasteiger partial charge in [0.15, 0.2) is 6.10 Å². The number of hydrogen-bond donors (Lipinski definition) is 1. The Hall–Kier alpha value is -2.68. The molecule has 1 heterocycles. The van der Waals surface area contributed by atoms with Crippen molar-refractivity contribution in [1.82, 2.24) is 0 Å². The van der Waals surface area contributed by atoms with E-state index in [1.165, 1.54) is 19.1 Å². The fourth-order valence-corrected chi connectivity index (χ4v) is 2.15. The lowest BCUT2D eigenvalue weighted by Crippen LogP contribution is -2.36. The van der Waals surface area contributed by atoms with Gasteiger partial charge < -0.3 is 20.1 Å². The summed E-state index contributed by atoms with van der Waals surface area (Å²) in [5.41, 5.74) is 5.22. The van der Waals surface area contributed by atoms with Crippen LogP contribution in [-0.4, -0.2) is 49.2 Å². The number of nitrogens with two attached hydrogens (primary N) is 1. The lowest BCUT2D eigenvalue weighted by molar-refractivity contribution is -0.384. The number of carbonyl (C=O) groups excluding carboxylic acids is 2. The highest BCUT2D eigenvalue weighted by Crippen LogP contribution is 2.30. The number of carbonyl (C=O) groups is 2. The minimum absolute atomic E-state index is 0.0122. The molecule has 2 N–H and O–H groups in total. The van der Waals surface area contributed by atoms with E-state index >= 15 is 0 Å². The van der Waals surface area contributed by atoms with Crippen molar-refractivity contribution in [3.05, 3.63) is 33.9 Å². The zero-order chi connectivity index (χ0) is 17.0. The predicted molar refractivity (Wildman–Crippen MR) is 80.2 cm³/mol. The topological polar surface area (TPSA) is 125 Å². The molecule has 1 aliphatic heterocycles. The van der Waals surface area contributed by atoms with Gasteiger partial charge in [0.25, 0.3) is 11.6 Å². The molecule has 0 saturated carbocycles. The van der Waals surface area contributed by atoms with Gasteiger partial charge in [-0.1, -0.05) is 0 Å². The van der Waals surface area contributed by atoms with Crippen molar-refractivity contribution in [2.24, 2.45) is 5.73 Å². The van der Waals surface area contributed by atoms with Gasteiger partial charge in [-0.3, -0.25) is 14.9 Å². The van der Waals surface area contributed by atoms with Crippen LogP contribution in [0.15, 0.2) is 18.2 Å². The molecule has 1 amide bonds. The Morgan fingerprint density at radius 1 is 1.39 bits per heavy atom. The number of nitro groups is 1. The van der Waals surface area contributed by atoms with Gasteiger partial charge in [0.2, 0.25) is 0 Å². The van der Waals surface area contributed by atoms with Crippen LogP contribution < -0.4 is 10.6 Å². The molecule has 1 aliphatic rings. The van der Waals surface area contributed by atoms with Crippen molar-refractivity contribution in [1.29, 1.82) is 0 Å². The van der Waals surface area contributed by atoms with Gasteiger partial charge in [-0.2, -0.15) is 0 Å². The van der Waals surface area contributed by atoms with Crippen molar-refractivity contribution in [3.63, 3.8) is 0 Å². The van der Waals surface area contributed by atoms with E-state index < -0.39 is 22.9 Å². The Morgan fingerprint density at radius 2 is 2.04 bits per heavy atom. The highest BCUT2D eigenvalue weighted by molar-refractivity contribution is 5.93. The Kier molecular flexibility index (Phi) is 5.12. The third-order valence-corrected chi connectivity index (χ3v) is 3.44. The van der Waals surface area contributed by atoms with E-state index in [4.69, 9.17) is 15.2 Å². The highest BCUT2D eigenvalue weighted by atomic mass is 16.6. The van der Waals surface area contributed by atoms with Crippen LogP contribution in [0.25, 0.3) is 0 Å². The summed E-state index contributed by atoms with van der Waals surface area (Å²) in [5.74, 6) is -1.63. The van der Waals surface area contributed by atoms with E-state index in [0.29, 0.717) is 32.0 Å². The third-order valence-electron chi connectivity index (χ3n) is 3.44. The number of amides is 1. The lowest BCUT2D eigenvalue weighted by atomic mass is 10.1. The molecule has 1 aromatic rings. The molecule has 0 bridgehead atoms. The first-order chi connectivity index (χ1) is 10.9. The molecule has 9 nitrogen and oxygen atoms in total. The summed E-state index contributed by atoms with van der Waals surface area (Å²) in [7, 11) is 0. The summed E-state index contributed by atoms with van der Waals surface area (Å²) in [6.07, 6.45) is -1.11. The van der Waals surface area contributed by atoms with Gasteiger partial charge in [0.05, 0.1) is 23.7 Å². The normalized spacial score (nSPS) is 15.8. The second-order valence-electron chi connectivity index (χ2n) is 5.01. The number of rotatable bonds is 5. The Morgan fingerprint density at radius 3 is 2.61 bits per heavy atom. The Balaban J connectivity index is 2.26. The number of benzene rings is 1. The van der Waals surface area contributed by atoms with Crippen LogP contribution >= 0.6 is 0 Å². The first kappa shape index (κ1) is 16.7. The van der Waals surface area contributed by atoms with E-state index in [2.05, 4.69) is 0 Å². The minimum Gasteiger partial charge on any atom is -0.449 e. The van der Waals surface area contributed by atoms with E-state index in [-0.39, 0.29) is 11.3 Å². The molecule has 0 aromatic heterocycles. The molecule has 0 aliphatic carbocycles. The molecule has 1 aromatic carbocycles. The largest absolute Gasteiger partial charge is 0.449 e. The fraction of sp³-hybridized carbons (Fsp3) is 0.429. The first-order valence-corrected chi connectivity index (χ1v) is 7.01. The number of esters is 1. The van der Waals surface area contributed by atoms with E-state index in [9.17, 15) is 19.7 Å². The molecule has 124 valence electrons. The predicted octanol–water partition coefficient (Wildman–Crippen LogP) is 0.462. The zero-order valence-electron chi connectivity index (χ0n) is 12.6. The second-order valence-corrected chi connectivity index (χ2v) is 5.01. The molecule has 1 atom stereocenters. The number of primary amides is 1. The van der Waals surface area contributed by atoms with Gasteiger partial charge in [0, 0.05) is 19.2 Å². The fourth-order valence-electron chi connectivity index (χ4n) is 2.15. The molecule has 0 spiro atoms. The molecule has 1 fully saturated rings. The smallest absolute Gasteiger partial charge is 0.339 e. The summed E-state index contributed by atoms with van der Waals surface area (Å²) in [6, 6.07) is 4.06. The van der Waals surface area contributed by atoms with Gasteiger partial charge in [0.1, 0.15) is 5.69 Å². The maximum atomic E-state index is 11.9. The lowest BCUT2D eigenvalue weighted by Gasteiger charge is -2.28. The van der Waals surface area contributed by atoms with Crippen LogP contribution in [0.3, 0.4) is 0 Å². The summed E-state index contributed by atoms with van der Waals surface area (Å²) in [4.78, 5) is 35.4. The molecule has 0 unspecified atom stereocenters. The molecule has 9 heteroatoms. The van der Waals surface area contributed by atoms with Gasteiger partial charge >= 0.3 is 5.97 Å². The van der Waals surface area contributed by atoms with Crippen LogP contribution in [0.5, 0.6) is 0 Å². The molecule has 0 radical (unpaired) electrons. The molecular formula is C14H17N3O6. The number of nitrogens with zero attached hydrogens (tertiary/aromatic N) is 2. The van der Waals surface area contributed by atoms with E-state index in [0.717, 1.165) is 6.07 Å². The van der Waals surface area contributed by atoms with E-state index in [1.54, 1.807) is 0 Å². The summed E-state index contributed by atoms with van der Waals surface area (Å²) >= 11 is 0. The number of anilines is 1. The molecule has 1 saturated heterocycles. The number of hydrogen-bond acceptors (Lipinski definition) is 7. The van der Waals surface area contributed by atoms with Crippen molar-refractivity contribution in [3.8, 4) is 0 Å². The van der Waals surface area contributed by atoms with Crippen molar-refractivity contribution >= 4 is 23.3 Å². The maximum absolute atomic E-state index is 11.9. The van der Waals surface area contributed by atoms with Gasteiger partial charge in [-0.25, -0.2) is 4.79 Å². The minimum atomic E-state index is -1.11. The maximum Gasteiger partial charge on any atom is 0.339 e. The van der Waals surface area contributed by atoms with Crippen molar-refractivity contribution in [2.45, 2.75) is 13.0 Å². The van der Waals surface area contributed by atoms with Gasteiger partial charge in [-0.15, -0.1) is 0 Å². The van der Waals surface area contributed by atoms with Crippen LogP contribution in [0, 0.1) is 10.1 Å². The Labute approximate surface area is 132 Å². The third kappa shape index (κ3) is 3.95. The summed E-state index contributed by atoms with van der Waals surface area (Å²) < 4.78 is 10.1. The number of morpholine rings is 1. The highest BCUT2D eigenvalue weighted by Gasteiger charge is 2.24. The molecule has 23 heavy (non-hydrogen) atoms. The summed E-state index contributed by atoms with van der Waals surface area (Å²) in [6.45, 7) is 3.36. The quantitative estimate of drug-likeness (QED) is 0.474. The number of nitro benzene ring substituents is 1. The van der Waals surface area contributed by atoms with E-state index in [1.807, 2.05) is 4.90 Å². The van der Waals surface area contributed by atoms with Crippen LogP contribution in [-0.2, 0) is 14.3 Å². The van der Waals surface area contributed by atoms with Crippen molar-refractivity contribution < 1.29 is 24.0 Å².